The van der Waals surface area contributed by atoms with Crippen molar-refractivity contribution in [3.05, 3.63) is 33.6 Å². The van der Waals surface area contributed by atoms with Crippen LogP contribution in [0.25, 0.3) is 11.3 Å². The minimum Gasteiger partial charge on any atom is -0.496 e. The summed E-state index contributed by atoms with van der Waals surface area (Å²) >= 11 is 1.34. The number of hydrogen-bond acceptors (Lipinski definition) is 4. The molecular formula is C13H13NO2S. The Morgan fingerprint density at radius 3 is 2.59 bits per heavy atom. The smallest absolute Gasteiger partial charge is 0.178 e. The summed E-state index contributed by atoms with van der Waals surface area (Å²) < 4.78 is 5.35. The van der Waals surface area contributed by atoms with E-state index in [1.807, 2.05) is 31.4 Å². The van der Waals surface area contributed by atoms with Crippen molar-refractivity contribution in [2.75, 3.05) is 7.11 Å². The average Bonchev–Trinajstić information content (AvgIpc) is 2.80. The molecule has 17 heavy (non-hydrogen) atoms. The molecule has 0 radical (unpaired) electrons. The summed E-state index contributed by atoms with van der Waals surface area (Å²) in [5, 5.41) is 2.36. The quantitative estimate of drug-likeness (QED) is 0.781. The highest BCUT2D eigenvalue weighted by Gasteiger charge is 2.11. The number of ether oxygens (including phenoxy) is 1. The van der Waals surface area contributed by atoms with Gasteiger partial charge in [-0.25, -0.2) is 4.98 Å². The van der Waals surface area contributed by atoms with Crippen LogP contribution in [0, 0.1) is 13.8 Å². The monoisotopic (exact) mass is 247 g/mol. The zero-order valence-electron chi connectivity index (χ0n) is 9.98. The van der Waals surface area contributed by atoms with E-state index < -0.39 is 0 Å². The normalized spacial score (nSPS) is 10.3. The van der Waals surface area contributed by atoms with E-state index in [1.54, 1.807) is 7.11 Å². The van der Waals surface area contributed by atoms with Crippen molar-refractivity contribution in [2.24, 2.45) is 0 Å². The van der Waals surface area contributed by atoms with Crippen LogP contribution in [-0.2, 0) is 0 Å². The van der Waals surface area contributed by atoms with Crippen molar-refractivity contribution in [1.82, 2.24) is 4.98 Å². The van der Waals surface area contributed by atoms with Crippen LogP contribution in [0.15, 0.2) is 17.5 Å². The Kier molecular flexibility index (Phi) is 3.24. The van der Waals surface area contributed by atoms with E-state index in [-0.39, 0.29) is 0 Å². The van der Waals surface area contributed by atoms with Gasteiger partial charge in [-0.3, -0.25) is 4.79 Å². The van der Waals surface area contributed by atoms with E-state index >= 15 is 0 Å². The Morgan fingerprint density at radius 1 is 1.29 bits per heavy atom. The van der Waals surface area contributed by atoms with E-state index in [9.17, 15) is 4.79 Å². The molecule has 3 nitrogen and oxygen atoms in total. The molecule has 0 saturated heterocycles. The third-order valence-electron chi connectivity index (χ3n) is 2.71. The first kappa shape index (κ1) is 11.8. The second kappa shape index (κ2) is 4.67. The lowest BCUT2D eigenvalue weighted by atomic mass is 10.0. The number of thiazole rings is 1. The SMILES string of the molecule is COc1cc(C)c(C)cc1-c1csc(C=O)n1. The van der Waals surface area contributed by atoms with Crippen molar-refractivity contribution in [2.45, 2.75) is 13.8 Å². The maximum absolute atomic E-state index is 10.6. The molecule has 1 heterocycles. The van der Waals surface area contributed by atoms with Crippen LogP contribution in [0.4, 0.5) is 0 Å². The fraction of sp³-hybridized carbons (Fsp3) is 0.231. The lowest BCUT2D eigenvalue weighted by Crippen LogP contribution is -1.92. The van der Waals surface area contributed by atoms with Crippen LogP contribution in [0.5, 0.6) is 5.75 Å². The third kappa shape index (κ3) is 2.22. The van der Waals surface area contributed by atoms with Gasteiger partial charge in [0.25, 0.3) is 0 Å². The van der Waals surface area contributed by atoms with Crippen LogP contribution < -0.4 is 4.74 Å². The van der Waals surface area contributed by atoms with Gasteiger partial charge in [-0.1, -0.05) is 0 Å². The van der Waals surface area contributed by atoms with E-state index in [1.165, 1.54) is 22.5 Å². The Balaban J connectivity index is 2.57. The highest BCUT2D eigenvalue weighted by Crippen LogP contribution is 2.32. The standard InChI is InChI=1S/C13H13NO2S/c1-8-4-10(12(16-3)5-9(8)2)11-7-17-13(6-15)14-11/h4-7H,1-3H3. The van der Waals surface area contributed by atoms with Gasteiger partial charge in [0.2, 0.25) is 0 Å². The molecule has 0 aliphatic carbocycles. The Hall–Kier alpha value is -1.68. The van der Waals surface area contributed by atoms with Crippen molar-refractivity contribution < 1.29 is 9.53 Å². The molecule has 0 N–H and O–H groups in total. The molecule has 0 aliphatic rings. The summed E-state index contributed by atoms with van der Waals surface area (Å²) in [5.41, 5.74) is 4.08. The first-order valence-corrected chi connectivity index (χ1v) is 6.10. The molecule has 2 aromatic rings. The molecule has 0 bridgehead atoms. The number of hydrogen-bond donors (Lipinski definition) is 0. The molecule has 0 aliphatic heterocycles. The van der Waals surface area contributed by atoms with Gasteiger partial charge >= 0.3 is 0 Å². The zero-order chi connectivity index (χ0) is 12.4. The number of rotatable bonds is 3. The first-order valence-electron chi connectivity index (χ1n) is 5.22. The third-order valence-corrected chi connectivity index (χ3v) is 3.48. The molecule has 4 heteroatoms. The summed E-state index contributed by atoms with van der Waals surface area (Å²) in [6, 6.07) is 4.03. The minimum atomic E-state index is 0.486. The molecule has 88 valence electrons. The molecule has 1 aromatic heterocycles. The van der Waals surface area contributed by atoms with Gasteiger partial charge in [-0.15, -0.1) is 11.3 Å². The maximum Gasteiger partial charge on any atom is 0.178 e. The molecule has 0 spiro atoms. The number of carbonyl (C=O) groups excluding carboxylic acids is 1. The van der Waals surface area contributed by atoms with E-state index in [4.69, 9.17) is 4.74 Å². The maximum atomic E-state index is 10.6. The molecule has 0 saturated carbocycles. The Labute approximate surface area is 104 Å². The summed E-state index contributed by atoms with van der Waals surface area (Å²) in [7, 11) is 1.64. The van der Waals surface area contributed by atoms with E-state index in [0.29, 0.717) is 5.01 Å². The van der Waals surface area contributed by atoms with Crippen LogP contribution >= 0.6 is 11.3 Å². The predicted molar refractivity (Wildman–Crippen MR) is 69.0 cm³/mol. The highest BCUT2D eigenvalue weighted by atomic mass is 32.1. The van der Waals surface area contributed by atoms with Crippen molar-refractivity contribution in [1.29, 1.82) is 0 Å². The Bertz CT molecular complexity index is 561. The predicted octanol–water partition coefficient (Wildman–Crippen LogP) is 3.25. The van der Waals surface area contributed by atoms with Gasteiger partial charge in [0.15, 0.2) is 11.3 Å². The van der Waals surface area contributed by atoms with Gasteiger partial charge in [0.1, 0.15) is 5.75 Å². The zero-order valence-corrected chi connectivity index (χ0v) is 10.8. The van der Waals surface area contributed by atoms with Crippen molar-refractivity contribution in [3.63, 3.8) is 0 Å². The van der Waals surface area contributed by atoms with Gasteiger partial charge in [0.05, 0.1) is 12.8 Å². The second-order valence-corrected chi connectivity index (χ2v) is 4.72. The van der Waals surface area contributed by atoms with E-state index in [2.05, 4.69) is 4.98 Å². The summed E-state index contributed by atoms with van der Waals surface area (Å²) in [4.78, 5) is 14.9. The van der Waals surface area contributed by atoms with Gasteiger partial charge in [-0.2, -0.15) is 0 Å². The number of benzene rings is 1. The topological polar surface area (TPSA) is 39.2 Å². The molecular weight excluding hydrogens is 234 g/mol. The minimum absolute atomic E-state index is 0.486. The van der Waals surface area contributed by atoms with Crippen LogP contribution in [0.3, 0.4) is 0 Å². The molecule has 0 fully saturated rings. The van der Waals surface area contributed by atoms with Gasteiger partial charge < -0.3 is 4.74 Å². The number of aryl methyl sites for hydroxylation is 2. The molecule has 1 aromatic carbocycles. The summed E-state index contributed by atoms with van der Waals surface area (Å²) in [6.45, 7) is 4.09. The molecule has 2 rings (SSSR count). The lowest BCUT2D eigenvalue weighted by molar-refractivity contribution is 0.112. The summed E-state index contributed by atoms with van der Waals surface area (Å²) in [6.07, 6.45) is 0.766. The van der Waals surface area contributed by atoms with Crippen molar-refractivity contribution >= 4 is 17.6 Å². The van der Waals surface area contributed by atoms with Crippen molar-refractivity contribution in [3.8, 4) is 17.0 Å². The van der Waals surface area contributed by atoms with Crippen LogP contribution in [0.1, 0.15) is 20.9 Å². The van der Waals surface area contributed by atoms with E-state index in [0.717, 1.165) is 23.3 Å². The molecule has 0 amide bonds. The molecule has 0 atom stereocenters. The fourth-order valence-electron chi connectivity index (χ4n) is 1.62. The number of aromatic nitrogens is 1. The van der Waals surface area contributed by atoms with Gasteiger partial charge in [0, 0.05) is 10.9 Å². The van der Waals surface area contributed by atoms with Gasteiger partial charge in [-0.05, 0) is 37.1 Å². The Morgan fingerprint density at radius 2 is 2.00 bits per heavy atom. The van der Waals surface area contributed by atoms with Crippen LogP contribution in [0.2, 0.25) is 0 Å². The molecule has 0 unspecified atom stereocenters. The second-order valence-electron chi connectivity index (χ2n) is 3.83. The number of methoxy groups -OCH3 is 1. The fourth-order valence-corrected chi connectivity index (χ4v) is 2.24. The number of aldehydes is 1. The lowest BCUT2D eigenvalue weighted by Gasteiger charge is -2.09. The van der Waals surface area contributed by atoms with Crippen LogP contribution in [-0.4, -0.2) is 18.4 Å². The average molecular weight is 247 g/mol. The number of nitrogens with zero attached hydrogens (tertiary/aromatic N) is 1. The first-order chi connectivity index (χ1) is 8.15. The summed E-state index contributed by atoms with van der Waals surface area (Å²) in [5.74, 6) is 0.788. The largest absolute Gasteiger partial charge is 0.496 e. The highest BCUT2D eigenvalue weighted by molar-refractivity contribution is 7.11. The number of carbonyl (C=O) groups is 1.